The summed E-state index contributed by atoms with van der Waals surface area (Å²) in [7, 11) is 0. The van der Waals surface area contributed by atoms with Gasteiger partial charge in [-0.25, -0.2) is 9.36 Å². The Morgan fingerprint density at radius 3 is 2.53 bits per heavy atom. The van der Waals surface area contributed by atoms with Gasteiger partial charge in [0, 0.05) is 15.7 Å². The van der Waals surface area contributed by atoms with Gasteiger partial charge in [-0.2, -0.15) is 0 Å². The van der Waals surface area contributed by atoms with Crippen LogP contribution in [0.15, 0.2) is 63.5 Å². The van der Waals surface area contributed by atoms with Gasteiger partial charge in [0.25, 0.3) is 5.56 Å². The molecular formula is C21H15Cl2N3O3S. The third-order valence-electron chi connectivity index (χ3n) is 4.68. The van der Waals surface area contributed by atoms with Gasteiger partial charge in [0.15, 0.2) is 0 Å². The molecule has 0 aliphatic rings. The second-order valence-corrected chi connectivity index (χ2v) is 8.34. The van der Waals surface area contributed by atoms with Crippen LogP contribution in [-0.2, 0) is 11.3 Å². The van der Waals surface area contributed by atoms with Crippen molar-refractivity contribution in [1.29, 1.82) is 0 Å². The SMILES string of the molecule is Cc1c(Cl)cccc1NC(=O)Cn1c(=O)n(-c2ccc(Cl)cc2)c(=O)c2sccc21. The van der Waals surface area contributed by atoms with Crippen LogP contribution in [0.25, 0.3) is 15.9 Å². The van der Waals surface area contributed by atoms with Gasteiger partial charge in [0.05, 0.1) is 11.2 Å². The van der Waals surface area contributed by atoms with Crippen molar-refractivity contribution in [3.8, 4) is 5.69 Å². The lowest BCUT2D eigenvalue weighted by atomic mass is 10.2. The van der Waals surface area contributed by atoms with E-state index in [1.54, 1.807) is 60.8 Å². The fourth-order valence-corrected chi connectivity index (χ4v) is 4.26. The van der Waals surface area contributed by atoms with Gasteiger partial charge in [-0.05, 0) is 60.3 Å². The maximum Gasteiger partial charge on any atom is 0.336 e. The number of thiophene rings is 1. The van der Waals surface area contributed by atoms with Crippen molar-refractivity contribution in [3.05, 3.63) is 90.4 Å². The van der Waals surface area contributed by atoms with Gasteiger partial charge in [-0.15, -0.1) is 11.3 Å². The number of halogens is 2. The molecule has 1 amide bonds. The molecule has 0 atom stereocenters. The highest BCUT2D eigenvalue weighted by atomic mass is 35.5. The van der Waals surface area contributed by atoms with E-state index < -0.39 is 17.2 Å². The molecule has 0 spiro atoms. The number of carbonyl (C=O) groups excluding carboxylic acids is 1. The smallest absolute Gasteiger partial charge is 0.324 e. The molecule has 0 unspecified atom stereocenters. The van der Waals surface area contributed by atoms with Crippen LogP contribution in [0.2, 0.25) is 10.0 Å². The minimum Gasteiger partial charge on any atom is -0.324 e. The Labute approximate surface area is 184 Å². The summed E-state index contributed by atoms with van der Waals surface area (Å²) in [5.41, 5.74) is 1.04. The van der Waals surface area contributed by atoms with Crippen LogP contribution in [0.1, 0.15) is 5.56 Å². The topological polar surface area (TPSA) is 73.1 Å². The van der Waals surface area contributed by atoms with E-state index >= 15 is 0 Å². The summed E-state index contributed by atoms with van der Waals surface area (Å²) in [6.45, 7) is 1.54. The molecule has 2 aromatic heterocycles. The van der Waals surface area contributed by atoms with Crippen molar-refractivity contribution in [2.45, 2.75) is 13.5 Å². The average Bonchev–Trinajstić information content (AvgIpc) is 3.20. The molecule has 6 nitrogen and oxygen atoms in total. The van der Waals surface area contributed by atoms with E-state index in [9.17, 15) is 14.4 Å². The number of hydrogen-bond donors (Lipinski definition) is 1. The van der Waals surface area contributed by atoms with Crippen molar-refractivity contribution < 1.29 is 4.79 Å². The summed E-state index contributed by atoms with van der Waals surface area (Å²) in [4.78, 5) is 38.8. The van der Waals surface area contributed by atoms with E-state index in [2.05, 4.69) is 5.32 Å². The van der Waals surface area contributed by atoms with Crippen LogP contribution in [0.3, 0.4) is 0 Å². The minimum absolute atomic E-state index is 0.258. The van der Waals surface area contributed by atoms with Crippen LogP contribution >= 0.6 is 34.5 Å². The van der Waals surface area contributed by atoms with Gasteiger partial charge in [0.2, 0.25) is 5.91 Å². The highest BCUT2D eigenvalue weighted by Gasteiger charge is 2.18. The molecule has 0 aliphatic heterocycles. The number of nitrogens with zero attached hydrogens (tertiary/aromatic N) is 2. The number of benzene rings is 2. The molecule has 0 aliphatic carbocycles. The van der Waals surface area contributed by atoms with Gasteiger partial charge in [0.1, 0.15) is 11.2 Å². The number of rotatable bonds is 4. The quantitative estimate of drug-likeness (QED) is 0.489. The zero-order valence-electron chi connectivity index (χ0n) is 15.7. The molecule has 9 heteroatoms. The van der Waals surface area contributed by atoms with Crippen molar-refractivity contribution >= 4 is 56.3 Å². The predicted octanol–water partition coefficient (Wildman–Crippen LogP) is 4.47. The van der Waals surface area contributed by atoms with Crippen LogP contribution in [-0.4, -0.2) is 15.0 Å². The average molecular weight is 460 g/mol. The number of hydrogen-bond acceptors (Lipinski definition) is 4. The van der Waals surface area contributed by atoms with E-state index in [4.69, 9.17) is 23.2 Å². The molecule has 30 heavy (non-hydrogen) atoms. The first kappa shape index (κ1) is 20.4. The number of anilines is 1. The monoisotopic (exact) mass is 459 g/mol. The Balaban J connectivity index is 1.79. The first-order valence-electron chi connectivity index (χ1n) is 8.91. The summed E-state index contributed by atoms with van der Waals surface area (Å²) < 4.78 is 2.72. The lowest BCUT2D eigenvalue weighted by molar-refractivity contribution is -0.116. The summed E-state index contributed by atoms with van der Waals surface area (Å²) in [6, 6.07) is 13.2. The standard InChI is InChI=1S/C21H15Cl2N3O3S/c1-12-15(23)3-2-4-16(12)24-18(27)11-25-17-9-10-30-19(17)20(28)26(21(25)29)14-7-5-13(22)6-8-14/h2-10H,11H2,1H3,(H,24,27). The Kier molecular flexibility index (Phi) is 5.51. The van der Waals surface area contributed by atoms with E-state index in [0.29, 0.717) is 31.6 Å². The Morgan fingerprint density at radius 2 is 1.80 bits per heavy atom. The molecular weight excluding hydrogens is 445 g/mol. The molecule has 4 aromatic rings. The van der Waals surface area contributed by atoms with E-state index in [0.717, 1.165) is 10.1 Å². The number of amides is 1. The summed E-state index contributed by atoms with van der Waals surface area (Å²) in [5, 5.41) is 5.51. The first-order valence-corrected chi connectivity index (χ1v) is 10.5. The summed E-state index contributed by atoms with van der Waals surface area (Å²) >= 11 is 13.3. The summed E-state index contributed by atoms with van der Waals surface area (Å²) in [6.07, 6.45) is 0. The van der Waals surface area contributed by atoms with Crippen LogP contribution in [0, 0.1) is 6.92 Å². The number of aromatic nitrogens is 2. The number of nitrogens with one attached hydrogen (secondary N) is 1. The molecule has 4 rings (SSSR count). The van der Waals surface area contributed by atoms with Crippen molar-refractivity contribution in [3.63, 3.8) is 0 Å². The molecule has 0 saturated heterocycles. The van der Waals surface area contributed by atoms with Crippen LogP contribution in [0.5, 0.6) is 0 Å². The lowest BCUT2D eigenvalue weighted by Gasteiger charge is -2.13. The normalized spacial score (nSPS) is 11.0. The number of fused-ring (bicyclic) bond motifs is 1. The lowest BCUT2D eigenvalue weighted by Crippen LogP contribution is -2.40. The van der Waals surface area contributed by atoms with Crippen LogP contribution < -0.4 is 16.6 Å². The Morgan fingerprint density at radius 1 is 1.07 bits per heavy atom. The maximum atomic E-state index is 13.2. The molecule has 0 bridgehead atoms. The van der Waals surface area contributed by atoms with E-state index in [1.165, 1.54) is 15.9 Å². The Hall–Kier alpha value is -2.87. The molecule has 2 heterocycles. The highest BCUT2D eigenvalue weighted by molar-refractivity contribution is 7.17. The fraction of sp³-hybridized carbons (Fsp3) is 0.0952. The van der Waals surface area contributed by atoms with E-state index in [1.807, 2.05) is 0 Å². The molecule has 152 valence electrons. The zero-order valence-corrected chi connectivity index (χ0v) is 18.0. The second-order valence-electron chi connectivity index (χ2n) is 6.58. The summed E-state index contributed by atoms with van der Waals surface area (Å²) in [5.74, 6) is -0.406. The van der Waals surface area contributed by atoms with Gasteiger partial charge >= 0.3 is 5.69 Å². The highest BCUT2D eigenvalue weighted by Crippen LogP contribution is 2.23. The van der Waals surface area contributed by atoms with Crippen molar-refractivity contribution in [1.82, 2.24) is 9.13 Å². The Bertz CT molecular complexity index is 1390. The molecule has 0 saturated carbocycles. The largest absolute Gasteiger partial charge is 0.336 e. The van der Waals surface area contributed by atoms with Gasteiger partial charge in [-0.1, -0.05) is 29.3 Å². The van der Waals surface area contributed by atoms with Crippen LogP contribution in [0.4, 0.5) is 5.69 Å². The van der Waals surface area contributed by atoms with Crippen molar-refractivity contribution in [2.24, 2.45) is 0 Å². The van der Waals surface area contributed by atoms with Crippen molar-refractivity contribution in [2.75, 3.05) is 5.32 Å². The third kappa shape index (κ3) is 3.67. The zero-order chi connectivity index (χ0) is 21.4. The molecule has 1 N–H and O–H groups in total. The van der Waals surface area contributed by atoms with Gasteiger partial charge < -0.3 is 5.32 Å². The van der Waals surface area contributed by atoms with Gasteiger partial charge in [-0.3, -0.25) is 14.2 Å². The fourth-order valence-electron chi connectivity index (χ4n) is 3.13. The maximum absolute atomic E-state index is 13.2. The third-order valence-corrected chi connectivity index (χ3v) is 6.24. The molecule has 2 aromatic carbocycles. The molecule has 0 fully saturated rings. The predicted molar refractivity (Wildman–Crippen MR) is 122 cm³/mol. The second kappa shape index (κ2) is 8.10. The minimum atomic E-state index is -0.605. The molecule has 0 radical (unpaired) electrons. The van der Waals surface area contributed by atoms with E-state index in [-0.39, 0.29) is 6.54 Å². The number of carbonyl (C=O) groups is 1. The first-order chi connectivity index (χ1) is 14.4.